The first kappa shape index (κ1) is 35.1. The second kappa shape index (κ2) is 17.8. The zero-order valence-electron chi connectivity index (χ0n) is 26.1. The largest absolute Gasteiger partial charge is 0.469 e. The molecule has 0 spiro atoms. The highest BCUT2D eigenvalue weighted by Crippen LogP contribution is 2.43. The van der Waals surface area contributed by atoms with Crippen molar-refractivity contribution in [3.05, 3.63) is 12.2 Å². The average Bonchev–Trinajstić information content (AvgIpc) is 3.27. The molecule has 1 saturated carbocycles. The number of ketones is 1. The Hall–Kier alpha value is -1.06. The predicted molar refractivity (Wildman–Crippen MR) is 161 cm³/mol. The lowest BCUT2D eigenvalue weighted by molar-refractivity contribution is -0.228. The summed E-state index contributed by atoms with van der Waals surface area (Å²) < 4.78 is 24.0. The summed E-state index contributed by atoms with van der Waals surface area (Å²) in [5.74, 6) is -1.23. The number of rotatable bonds is 20. The Kier molecular flexibility index (Phi) is 15.6. The summed E-state index contributed by atoms with van der Waals surface area (Å²) in [5, 5.41) is 11.7. The third-order valence-electron chi connectivity index (χ3n) is 9.21. The molecule has 0 aromatic carbocycles. The van der Waals surface area contributed by atoms with Crippen LogP contribution in [0.15, 0.2) is 12.2 Å². The lowest BCUT2D eigenvalue weighted by Gasteiger charge is -2.39. The molecule has 0 aromatic heterocycles. The Bertz CT molecular complexity index is 769. The molecule has 1 heterocycles. The van der Waals surface area contributed by atoms with Crippen LogP contribution in [-0.4, -0.2) is 56.6 Å². The Balaban J connectivity index is 2.17. The molecule has 4 atom stereocenters. The third kappa shape index (κ3) is 10.3. The van der Waals surface area contributed by atoms with Gasteiger partial charge in [0, 0.05) is 38.2 Å². The predicted octanol–water partition coefficient (Wildman–Crippen LogP) is 7.61. The van der Waals surface area contributed by atoms with Gasteiger partial charge in [-0.05, 0) is 63.1 Å². The van der Waals surface area contributed by atoms with Gasteiger partial charge in [0.1, 0.15) is 5.60 Å². The lowest BCUT2D eigenvalue weighted by Crippen LogP contribution is -2.47. The maximum atomic E-state index is 13.5. The Morgan fingerprint density at radius 3 is 2.42 bits per heavy atom. The van der Waals surface area contributed by atoms with E-state index in [0.717, 1.165) is 82.3 Å². The molecular formula is C32H58O7Si. The summed E-state index contributed by atoms with van der Waals surface area (Å²) in [4.78, 5) is 24.9. The van der Waals surface area contributed by atoms with Crippen LogP contribution in [0.1, 0.15) is 124 Å². The van der Waals surface area contributed by atoms with Gasteiger partial charge in [0.25, 0.3) is 0 Å². The Labute approximate surface area is 244 Å². The minimum Gasteiger partial charge on any atom is -0.469 e. The number of aliphatic hydroxyl groups is 1. The van der Waals surface area contributed by atoms with Crippen molar-refractivity contribution in [1.82, 2.24) is 0 Å². The van der Waals surface area contributed by atoms with Crippen LogP contribution in [-0.2, 0) is 28.2 Å². The molecule has 2 unspecified atom stereocenters. The van der Waals surface area contributed by atoms with E-state index in [0.29, 0.717) is 38.7 Å². The van der Waals surface area contributed by atoms with Crippen molar-refractivity contribution < 1.29 is 33.3 Å². The molecule has 0 amide bonds. The monoisotopic (exact) mass is 582 g/mol. The van der Waals surface area contributed by atoms with Crippen molar-refractivity contribution >= 4 is 20.1 Å². The van der Waals surface area contributed by atoms with Gasteiger partial charge in [0.15, 0.2) is 26.2 Å². The molecule has 1 N–H and O–H groups in total. The van der Waals surface area contributed by atoms with E-state index in [2.05, 4.69) is 39.8 Å². The summed E-state index contributed by atoms with van der Waals surface area (Å²) in [6, 6.07) is 2.98. The van der Waals surface area contributed by atoms with Crippen LogP contribution in [0, 0.1) is 5.92 Å². The molecule has 1 saturated heterocycles. The van der Waals surface area contributed by atoms with Crippen LogP contribution in [0.3, 0.4) is 0 Å². The molecule has 0 aromatic rings. The topological polar surface area (TPSA) is 91.3 Å². The summed E-state index contributed by atoms with van der Waals surface area (Å²) in [7, 11) is -0.580. The fraction of sp³-hybridized carbons (Fsp3) is 0.875. The number of ether oxygens (including phenoxy) is 3. The molecule has 7 nitrogen and oxygen atoms in total. The normalized spacial score (nSPS) is 25.4. The Morgan fingerprint density at radius 1 is 1.07 bits per heavy atom. The number of esters is 1. The molecule has 1 aliphatic heterocycles. The first-order chi connectivity index (χ1) is 19.2. The van der Waals surface area contributed by atoms with E-state index in [1.54, 1.807) is 0 Å². The number of Topliss-reactive ketones (excluding diaryl/α,β-unsaturated/α-hetero) is 1. The van der Waals surface area contributed by atoms with E-state index in [9.17, 15) is 14.7 Å². The number of carbonyl (C=O) groups excluding carboxylic acids is 2. The van der Waals surface area contributed by atoms with E-state index in [4.69, 9.17) is 18.6 Å². The number of hydrogen-bond acceptors (Lipinski definition) is 7. The van der Waals surface area contributed by atoms with Crippen LogP contribution in [0.25, 0.3) is 0 Å². The molecule has 0 bridgehead atoms. The van der Waals surface area contributed by atoms with Gasteiger partial charge in [-0.2, -0.15) is 0 Å². The van der Waals surface area contributed by atoms with Gasteiger partial charge in [0.05, 0.1) is 7.11 Å². The van der Waals surface area contributed by atoms with Crippen molar-refractivity contribution in [3.8, 4) is 0 Å². The number of carbonyl (C=O) groups is 2. The fourth-order valence-electron chi connectivity index (χ4n) is 6.31. The van der Waals surface area contributed by atoms with E-state index in [-0.39, 0.29) is 24.0 Å². The third-order valence-corrected chi connectivity index (χ3v) is 13.9. The molecule has 232 valence electrons. The zero-order chi connectivity index (χ0) is 29.5. The van der Waals surface area contributed by atoms with Crippen molar-refractivity contribution in [1.29, 1.82) is 0 Å². The summed E-state index contributed by atoms with van der Waals surface area (Å²) >= 11 is 0. The summed E-state index contributed by atoms with van der Waals surface area (Å²) in [6.07, 6.45) is 15.5. The molecule has 2 fully saturated rings. The van der Waals surface area contributed by atoms with Gasteiger partial charge in [0.2, 0.25) is 0 Å². The maximum Gasteiger partial charge on any atom is 0.305 e. The number of hydrogen-bond donors (Lipinski definition) is 1. The first-order valence-corrected chi connectivity index (χ1v) is 18.7. The maximum absolute atomic E-state index is 13.5. The Morgan fingerprint density at radius 2 is 1.80 bits per heavy atom. The van der Waals surface area contributed by atoms with Gasteiger partial charge in [-0.1, -0.05) is 65.5 Å². The average molecular weight is 583 g/mol. The highest BCUT2D eigenvalue weighted by molar-refractivity contribution is 6.73. The fourth-order valence-corrected chi connectivity index (χ4v) is 9.24. The summed E-state index contributed by atoms with van der Waals surface area (Å²) in [5.41, 5.74) is -0.891. The van der Waals surface area contributed by atoms with Crippen LogP contribution in [0.5, 0.6) is 0 Å². The summed E-state index contributed by atoms with van der Waals surface area (Å²) in [6.45, 7) is 9.37. The van der Waals surface area contributed by atoms with Crippen molar-refractivity contribution in [2.45, 2.75) is 160 Å². The zero-order valence-corrected chi connectivity index (χ0v) is 27.1. The number of unbranched alkanes of at least 4 members (excludes halogenated alkanes) is 4. The minimum absolute atomic E-state index is 0.0541. The quantitative estimate of drug-likeness (QED) is 0.0519. The highest BCUT2D eigenvalue weighted by atomic mass is 28.4. The molecule has 2 aliphatic rings. The van der Waals surface area contributed by atoms with Crippen LogP contribution in [0.2, 0.25) is 18.1 Å². The van der Waals surface area contributed by atoms with E-state index in [1.807, 2.05) is 0 Å². The van der Waals surface area contributed by atoms with Gasteiger partial charge >= 0.3 is 5.97 Å². The van der Waals surface area contributed by atoms with E-state index < -0.39 is 19.7 Å². The standard InChI is InChI=1S/C32H58O7Si/c1-6-10-23-31(35,39-40(7-2,8-3)9-4)24-17-18-27-21-22-28(33)32(27,38-30-20-14-16-26-37-30)25-15-12-11-13-19-29(34)36-5/h17-18,27,30,35H,6-16,19-26H2,1-5H3/t27?,30-,31+,32?/m1/s1. The van der Waals surface area contributed by atoms with Gasteiger partial charge in [-0.25, -0.2) is 0 Å². The van der Waals surface area contributed by atoms with Crippen LogP contribution >= 0.6 is 0 Å². The van der Waals surface area contributed by atoms with Crippen molar-refractivity contribution in [2.24, 2.45) is 5.92 Å². The van der Waals surface area contributed by atoms with Gasteiger partial charge in [-0.15, -0.1) is 0 Å². The molecule has 8 heteroatoms. The molecule has 40 heavy (non-hydrogen) atoms. The minimum atomic E-state index is -2.00. The smallest absolute Gasteiger partial charge is 0.305 e. The molecule has 2 rings (SSSR count). The molecule has 1 aliphatic carbocycles. The first-order valence-electron chi connectivity index (χ1n) is 16.2. The van der Waals surface area contributed by atoms with Crippen molar-refractivity contribution in [3.63, 3.8) is 0 Å². The molecule has 0 radical (unpaired) electrons. The van der Waals surface area contributed by atoms with Gasteiger partial charge in [-0.3, -0.25) is 9.59 Å². The van der Waals surface area contributed by atoms with E-state index in [1.165, 1.54) is 7.11 Å². The highest BCUT2D eigenvalue weighted by Gasteiger charge is 2.51. The number of methoxy groups -OCH3 is 1. The van der Waals surface area contributed by atoms with E-state index >= 15 is 0 Å². The lowest BCUT2D eigenvalue weighted by atomic mass is 9.83. The van der Waals surface area contributed by atoms with Gasteiger partial charge < -0.3 is 23.7 Å². The molecular weight excluding hydrogens is 524 g/mol. The second-order valence-corrected chi connectivity index (χ2v) is 16.6. The SMILES string of the molecule is CCCC[C@@](O)(CC=CC1CCC(=O)C1(CCCCCCC(=O)OC)O[C@@H]1CCCCO1)O[Si](CC)(CC)CC. The van der Waals surface area contributed by atoms with Crippen LogP contribution in [0.4, 0.5) is 0 Å². The van der Waals surface area contributed by atoms with Crippen molar-refractivity contribution in [2.75, 3.05) is 13.7 Å². The van der Waals surface area contributed by atoms with Crippen LogP contribution < -0.4 is 0 Å². The second-order valence-electron chi connectivity index (χ2n) is 11.9.